The third-order valence-corrected chi connectivity index (χ3v) is 6.56. The SMILES string of the molecule is C[C@H]1CN2c3cc(CCc4cc(F)c(Oc5ccnc(C(F)(F)F)c5)c(F)c4)nc(=O)n3C[C@]2(C)CO1. The number of hydrogen-bond acceptors (Lipinski definition) is 6. The summed E-state index contributed by atoms with van der Waals surface area (Å²) in [7, 11) is 0. The number of aromatic nitrogens is 3. The van der Waals surface area contributed by atoms with Gasteiger partial charge in [-0.1, -0.05) is 0 Å². The summed E-state index contributed by atoms with van der Waals surface area (Å²) in [4.78, 5) is 22.2. The molecule has 0 unspecified atom stereocenters. The molecule has 12 heteroatoms. The van der Waals surface area contributed by atoms with Crippen LogP contribution in [0.2, 0.25) is 0 Å². The minimum Gasteiger partial charge on any atom is -0.451 e. The number of hydrogen-bond donors (Lipinski definition) is 0. The molecule has 2 aliphatic rings. The van der Waals surface area contributed by atoms with Gasteiger partial charge in [-0.15, -0.1) is 0 Å². The van der Waals surface area contributed by atoms with Crippen LogP contribution in [-0.4, -0.2) is 39.3 Å². The maximum absolute atomic E-state index is 14.7. The minimum absolute atomic E-state index is 0.00484. The van der Waals surface area contributed by atoms with Crippen LogP contribution < -0.4 is 15.3 Å². The normalized spacial score (nSPS) is 21.1. The fraction of sp³-hybridized carbons (Fsp3) is 0.400. The Balaban J connectivity index is 1.33. The van der Waals surface area contributed by atoms with Gasteiger partial charge in [0.25, 0.3) is 0 Å². The first-order valence-electron chi connectivity index (χ1n) is 11.6. The van der Waals surface area contributed by atoms with Crippen LogP contribution in [0.1, 0.15) is 30.8 Å². The molecule has 2 aromatic heterocycles. The molecule has 3 aromatic rings. The van der Waals surface area contributed by atoms with Crippen LogP contribution >= 0.6 is 0 Å². The number of ether oxygens (including phenoxy) is 2. The Morgan fingerprint density at radius 1 is 1.16 bits per heavy atom. The molecule has 1 aromatic carbocycles. The van der Waals surface area contributed by atoms with E-state index in [0.717, 1.165) is 30.2 Å². The van der Waals surface area contributed by atoms with Gasteiger partial charge in [0.2, 0.25) is 0 Å². The van der Waals surface area contributed by atoms with Crippen LogP contribution in [-0.2, 0) is 30.3 Å². The van der Waals surface area contributed by atoms with E-state index in [1.165, 1.54) is 0 Å². The van der Waals surface area contributed by atoms with Crippen molar-refractivity contribution >= 4 is 5.82 Å². The Morgan fingerprint density at radius 3 is 2.59 bits per heavy atom. The lowest BCUT2D eigenvalue weighted by atomic mass is 10.0. The van der Waals surface area contributed by atoms with Gasteiger partial charge in [0.15, 0.2) is 17.4 Å². The number of anilines is 1. The lowest BCUT2D eigenvalue weighted by Gasteiger charge is -2.42. The summed E-state index contributed by atoms with van der Waals surface area (Å²) in [5.74, 6) is -2.62. The van der Waals surface area contributed by atoms with E-state index in [1.54, 1.807) is 4.57 Å². The van der Waals surface area contributed by atoms with Crippen LogP contribution in [0.4, 0.5) is 27.8 Å². The van der Waals surface area contributed by atoms with Gasteiger partial charge in [0.05, 0.1) is 30.5 Å². The van der Waals surface area contributed by atoms with Crippen LogP contribution in [0.15, 0.2) is 41.3 Å². The Labute approximate surface area is 208 Å². The molecule has 196 valence electrons. The second-order valence-electron chi connectivity index (χ2n) is 9.57. The summed E-state index contributed by atoms with van der Waals surface area (Å²) in [5.41, 5.74) is -1.23. The van der Waals surface area contributed by atoms with E-state index in [0.29, 0.717) is 31.5 Å². The van der Waals surface area contributed by atoms with Crippen molar-refractivity contribution in [3.05, 3.63) is 75.6 Å². The highest BCUT2D eigenvalue weighted by Gasteiger charge is 2.44. The van der Waals surface area contributed by atoms with E-state index in [4.69, 9.17) is 9.47 Å². The number of aryl methyl sites for hydroxylation is 2. The number of alkyl halides is 3. The first-order valence-corrected chi connectivity index (χ1v) is 11.6. The molecule has 2 aliphatic heterocycles. The third-order valence-electron chi connectivity index (χ3n) is 6.56. The fourth-order valence-corrected chi connectivity index (χ4v) is 4.69. The molecule has 1 fully saturated rings. The Kier molecular flexibility index (Phi) is 6.17. The van der Waals surface area contributed by atoms with Crippen LogP contribution in [0.5, 0.6) is 11.5 Å². The van der Waals surface area contributed by atoms with Crippen molar-refractivity contribution < 1.29 is 31.4 Å². The number of nitrogens with zero attached hydrogens (tertiary/aromatic N) is 4. The quantitative estimate of drug-likeness (QED) is 0.460. The molecule has 0 amide bonds. The summed E-state index contributed by atoms with van der Waals surface area (Å²) in [5, 5.41) is 0. The maximum Gasteiger partial charge on any atom is 0.433 e. The van der Waals surface area contributed by atoms with E-state index in [1.807, 2.05) is 19.9 Å². The first-order chi connectivity index (χ1) is 17.4. The molecule has 0 bridgehead atoms. The number of morpholine rings is 1. The first kappa shape index (κ1) is 25.1. The lowest BCUT2D eigenvalue weighted by Crippen LogP contribution is -2.55. The average molecular weight is 522 g/mol. The number of benzene rings is 1. The highest BCUT2D eigenvalue weighted by atomic mass is 19.4. The Bertz CT molecular complexity index is 1390. The predicted octanol–water partition coefficient (Wildman–Crippen LogP) is 4.51. The Morgan fingerprint density at radius 2 is 1.89 bits per heavy atom. The van der Waals surface area contributed by atoms with Crippen LogP contribution in [0.25, 0.3) is 0 Å². The fourth-order valence-electron chi connectivity index (χ4n) is 4.69. The van der Waals surface area contributed by atoms with Crippen molar-refractivity contribution in [2.75, 3.05) is 18.1 Å². The molecular weight excluding hydrogens is 499 g/mol. The third kappa shape index (κ3) is 4.89. The monoisotopic (exact) mass is 522 g/mol. The van der Waals surface area contributed by atoms with E-state index in [9.17, 15) is 26.7 Å². The van der Waals surface area contributed by atoms with Crippen molar-refractivity contribution in [3.63, 3.8) is 0 Å². The molecule has 4 heterocycles. The number of halogens is 5. The second-order valence-corrected chi connectivity index (χ2v) is 9.57. The van der Waals surface area contributed by atoms with E-state index in [-0.39, 0.29) is 30.0 Å². The van der Waals surface area contributed by atoms with Gasteiger partial charge in [0.1, 0.15) is 17.3 Å². The summed E-state index contributed by atoms with van der Waals surface area (Å²) in [6, 6.07) is 5.54. The van der Waals surface area contributed by atoms with E-state index < -0.39 is 40.7 Å². The molecule has 1 saturated heterocycles. The highest BCUT2D eigenvalue weighted by Crippen LogP contribution is 2.36. The minimum atomic E-state index is -4.73. The van der Waals surface area contributed by atoms with Crippen molar-refractivity contribution in [1.29, 1.82) is 0 Å². The molecule has 0 saturated carbocycles. The summed E-state index contributed by atoms with van der Waals surface area (Å²) in [6.45, 7) is 5.55. The van der Waals surface area contributed by atoms with Gasteiger partial charge in [-0.3, -0.25) is 9.55 Å². The number of fused-ring (bicyclic) bond motifs is 3. The summed E-state index contributed by atoms with van der Waals surface area (Å²) < 4.78 is 80.4. The van der Waals surface area contributed by atoms with Crippen LogP contribution in [0.3, 0.4) is 0 Å². The lowest BCUT2D eigenvalue weighted by molar-refractivity contribution is -0.141. The average Bonchev–Trinajstić information content (AvgIpc) is 3.12. The van der Waals surface area contributed by atoms with Crippen molar-refractivity contribution in [3.8, 4) is 11.5 Å². The molecule has 2 atom stereocenters. The molecule has 5 rings (SSSR count). The van der Waals surface area contributed by atoms with Crippen molar-refractivity contribution in [2.24, 2.45) is 0 Å². The molecule has 0 N–H and O–H groups in total. The maximum atomic E-state index is 14.7. The summed E-state index contributed by atoms with van der Waals surface area (Å²) in [6.07, 6.45) is -3.46. The standard InChI is InChI=1S/C25H23F5N4O3/c1-14-11-34-21-9-16(32-23(35)33(21)12-24(34,2)13-36-14)4-3-15-7-18(26)22(19(27)8-15)37-17-5-6-31-20(10-17)25(28,29)30/h5-10,14H,3-4,11-13H2,1-2H3/t14-,24+/m0/s1. The predicted molar refractivity (Wildman–Crippen MR) is 123 cm³/mol. The zero-order valence-corrected chi connectivity index (χ0v) is 20.0. The molecule has 7 nitrogen and oxygen atoms in total. The van der Waals surface area contributed by atoms with Gasteiger partial charge in [0, 0.05) is 24.9 Å². The van der Waals surface area contributed by atoms with Gasteiger partial charge in [-0.05, 0) is 50.5 Å². The smallest absolute Gasteiger partial charge is 0.433 e. The molecule has 0 aliphatic carbocycles. The van der Waals surface area contributed by atoms with Gasteiger partial charge >= 0.3 is 11.9 Å². The molecular formula is C25H23F5N4O3. The zero-order valence-electron chi connectivity index (χ0n) is 20.0. The highest BCUT2D eigenvalue weighted by molar-refractivity contribution is 5.49. The summed E-state index contributed by atoms with van der Waals surface area (Å²) >= 11 is 0. The van der Waals surface area contributed by atoms with Crippen molar-refractivity contribution in [2.45, 2.75) is 51.1 Å². The van der Waals surface area contributed by atoms with Crippen LogP contribution in [0, 0.1) is 11.6 Å². The molecule has 37 heavy (non-hydrogen) atoms. The van der Waals surface area contributed by atoms with Gasteiger partial charge in [-0.25, -0.2) is 13.6 Å². The second kappa shape index (κ2) is 9.09. The van der Waals surface area contributed by atoms with E-state index in [2.05, 4.69) is 14.9 Å². The topological polar surface area (TPSA) is 69.5 Å². The van der Waals surface area contributed by atoms with Crippen molar-refractivity contribution in [1.82, 2.24) is 14.5 Å². The molecule has 0 spiro atoms. The zero-order chi connectivity index (χ0) is 26.5. The number of pyridine rings is 1. The largest absolute Gasteiger partial charge is 0.451 e. The van der Waals surface area contributed by atoms with Gasteiger partial charge < -0.3 is 14.4 Å². The van der Waals surface area contributed by atoms with Gasteiger partial charge in [-0.2, -0.15) is 18.2 Å². The Hall–Kier alpha value is -3.54. The molecule has 0 radical (unpaired) electrons. The number of rotatable bonds is 5. The van der Waals surface area contributed by atoms with E-state index >= 15 is 0 Å².